The van der Waals surface area contributed by atoms with Gasteiger partial charge in [0.2, 0.25) is 0 Å². The molecule has 6 nitrogen and oxygen atoms in total. The standard InChI is InChI=1S/C15H15ClF3N5O/c1-8-3-12(23(2)22-8)14(25)21-10-6-24(7-10)13-11(16)4-9(5-20-13)15(17,18)19/h3-5,10H,6-7H2,1-2H3,(H,21,25). The van der Waals surface area contributed by atoms with Crippen LogP contribution in [0.4, 0.5) is 19.0 Å². The van der Waals surface area contributed by atoms with Gasteiger partial charge in [-0.15, -0.1) is 0 Å². The molecule has 0 unspecified atom stereocenters. The lowest BCUT2D eigenvalue weighted by Crippen LogP contribution is -2.60. The zero-order valence-electron chi connectivity index (χ0n) is 13.4. The van der Waals surface area contributed by atoms with Crippen LogP contribution >= 0.6 is 11.6 Å². The zero-order valence-corrected chi connectivity index (χ0v) is 14.2. The molecule has 0 radical (unpaired) electrons. The van der Waals surface area contributed by atoms with Crippen molar-refractivity contribution in [1.29, 1.82) is 0 Å². The van der Waals surface area contributed by atoms with Crippen LogP contribution in [0.15, 0.2) is 18.3 Å². The molecule has 1 aliphatic heterocycles. The summed E-state index contributed by atoms with van der Waals surface area (Å²) in [5, 5.41) is 6.89. The maximum absolute atomic E-state index is 12.6. The van der Waals surface area contributed by atoms with Crippen LogP contribution in [-0.4, -0.2) is 39.8 Å². The number of hydrogen-bond donors (Lipinski definition) is 1. The lowest BCUT2D eigenvalue weighted by atomic mass is 10.1. The molecule has 2 aromatic rings. The summed E-state index contributed by atoms with van der Waals surface area (Å²) in [6.07, 6.45) is -3.73. The Morgan fingerprint density at radius 3 is 2.56 bits per heavy atom. The van der Waals surface area contributed by atoms with Crippen molar-refractivity contribution >= 4 is 23.3 Å². The van der Waals surface area contributed by atoms with E-state index in [4.69, 9.17) is 11.6 Å². The van der Waals surface area contributed by atoms with Gasteiger partial charge in [-0.1, -0.05) is 11.6 Å². The molecule has 1 fully saturated rings. The van der Waals surface area contributed by atoms with Gasteiger partial charge in [-0.05, 0) is 19.1 Å². The third kappa shape index (κ3) is 3.55. The van der Waals surface area contributed by atoms with E-state index in [2.05, 4.69) is 15.4 Å². The molecule has 0 saturated carbocycles. The number of anilines is 1. The molecular formula is C15H15ClF3N5O. The van der Waals surface area contributed by atoms with Crippen LogP contribution < -0.4 is 10.2 Å². The number of nitrogens with zero attached hydrogens (tertiary/aromatic N) is 4. The first-order valence-electron chi connectivity index (χ1n) is 7.44. The minimum Gasteiger partial charge on any atom is -0.351 e. The van der Waals surface area contributed by atoms with E-state index in [9.17, 15) is 18.0 Å². The van der Waals surface area contributed by atoms with Crippen LogP contribution in [0.1, 0.15) is 21.7 Å². The fourth-order valence-corrected chi connectivity index (χ4v) is 2.93. The fraction of sp³-hybridized carbons (Fsp3) is 0.400. The lowest BCUT2D eigenvalue weighted by Gasteiger charge is -2.40. The number of alkyl halides is 3. The van der Waals surface area contributed by atoms with Crippen LogP contribution in [0.3, 0.4) is 0 Å². The highest BCUT2D eigenvalue weighted by molar-refractivity contribution is 6.33. The summed E-state index contributed by atoms with van der Waals surface area (Å²) in [5.41, 5.74) is 0.295. The van der Waals surface area contributed by atoms with Crippen molar-refractivity contribution in [1.82, 2.24) is 20.1 Å². The van der Waals surface area contributed by atoms with Crippen LogP contribution in [0.25, 0.3) is 0 Å². The Kier molecular flexibility index (Phi) is 4.36. The summed E-state index contributed by atoms with van der Waals surface area (Å²) in [6.45, 7) is 2.63. The van der Waals surface area contributed by atoms with Crippen LogP contribution in [0.5, 0.6) is 0 Å². The number of aryl methyl sites for hydroxylation is 2. The molecule has 25 heavy (non-hydrogen) atoms. The molecule has 0 spiro atoms. The molecule has 1 amide bonds. The predicted molar refractivity (Wildman–Crippen MR) is 85.7 cm³/mol. The van der Waals surface area contributed by atoms with E-state index >= 15 is 0 Å². The third-order valence-corrected chi connectivity index (χ3v) is 4.18. The maximum Gasteiger partial charge on any atom is 0.417 e. The number of aromatic nitrogens is 3. The molecule has 3 rings (SSSR count). The second-order valence-electron chi connectivity index (χ2n) is 5.90. The van der Waals surface area contributed by atoms with E-state index in [1.54, 1.807) is 24.9 Å². The SMILES string of the molecule is Cc1cc(C(=O)NC2CN(c3ncc(C(F)(F)F)cc3Cl)C2)n(C)n1. The third-order valence-electron chi connectivity index (χ3n) is 3.90. The highest BCUT2D eigenvalue weighted by Crippen LogP contribution is 2.34. The number of carbonyl (C=O) groups is 1. The minimum atomic E-state index is -4.48. The summed E-state index contributed by atoms with van der Waals surface area (Å²) in [7, 11) is 1.68. The van der Waals surface area contributed by atoms with Crippen molar-refractivity contribution in [3.05, 3.63) is 40.3 Å². The quantitative estimate of drug-likeness (QED) is 0.897. The van der Waals surface area contributed by atoms with E-state index in [0.717, 1.165) is 18.0 Å². The summed E-state index contributed by atoms with van der Waals surface area (Å²) in [4.78, 5) is 17.7. The predicted octanol–water partition coefficient (Wildman–Crippen LogP) is 2.41. The Morgan fingerprint density at radius 2 is 2.04 bits per heavy atom. The molecule has 134 valence electrons. The summed E-state index contributed by atoms with van der Waals surface area (Å²) in [5.74, 6) is 0.0239. The van der Waals surface area contributed by atoms with Gasteiger partial charge in [-0.3, -0.25) is 9.48 Å². The molecule has 1 N–H and O–H groups in total. The van der Waals surface area contributed by atoms with Crippen LogP contribution in [0, 0.1) is 6.92 Å². The Morgan fingerprint density at radius 1 is 1.36 bits per heavy atom. The number of hydrogen-bond acceptors (Lipinski definition) is 4. The van der Waals surface area contributed by atoms with Gasteiger partial charge in [-0.2, -0.15) is 18.3 Å². The average Bonchev–Trinajstić information content (AvgIpc) is 2.80. The monoisotopic (exact) mass is 373 g/mol. The number of carbonyl (C=O) groups excluding carboxylic acids is 1. The van der Waals surface area contributed by atoms with Crippen molar-refractivity contribution < 1.29 is 18.0 Å². The largest absolute Gasteiger partial charge is 0.417 e. The number of amides is 1. The number of pyridine rings is 1. The van der Waals surface area contributed by atoms with Crippen molar-refractivity contribution in [2.24, 2.45) is 7.05 Å². The van der Waals surface area contributed by atoms with Crippen molar-refractivity contribution in [2.75, 3.05) is 18.0 Å². The molecule has 0 atom stereocenters. The van der Waals surface area contributed by atoms with Crippen molar-refractivity contribution in [3.8, 4) is 0 Å². The molecule has 3 heterocycles. The summed E-state index contributed by atoms with van der Waals surface area (Å²) >= 11 is 5.91. The van der Waals surface area contributed by atoms with Gasteiger partial charge in [0.15, 0.2) is 0 Å². The molecule has 1 aliphatic rings. The van der Waals surface area contributed by atoms with E-state index in [-0.39, 0.29) is 22.8 Å². The first kappa shape index (κ1) is 17.5. The average molecular weight is 374 g/mol. The lowest BCUT2D eigenvalue weighted by molar-refractivity contribution is -0.137. The molecular weight excluding hydrogens is 359 g/mol. The number of halogens is 4. The highest BCUT2D eigenvalue weighted by Gasteiger charge is 2.34. The Hall–Kier alpha value is -2.29. The molecule has 10 heteroatoms. The van der Waals surface area contributed by atoms with E-state index in [1.165, 1.54) is 4.68 Å². The summed E-state index contributed by atoms with van der Waals surface area (Å²) in [6, 6.07) is 2.40. The number of rotatable bonds is 3. The molecule has 0 aliphatic carbocycles. The molecule has 0 bridgehead atoms. The van der Waals surface area contributed by atoms with Crippen LogP contribution in [0.2, 0.25) is 5.02 Å². The van der Waals surface area contributed by atoms with Crippen LogP contribution in [-0.2, 0) is 13.2 Å². The fourth-order valence-electron chi connectivity index (χ4n) is 2.64. The zero-order chi connectivity index (χ0) is 18.4. The van der Waals surface area contributed by atoms with Gasteiger partial charge in [0.1, 0.15) is 11.5 Å². The molecule has 0 aromatic carbocycles. The first-order valence-corrected chi connectivity index (χ1v) is 7.82. The Balaban J connectivity index is 1.61. The molecule has 2 aromatic heterocycles. The van der Waals surface area contributed by atoms with Gasteiger partial charge in [0.25, 0.3) is 5.91 Å². The van der Waals surface area contributed by atoms with Gasteiger partial charge in [0.05, 0.1) is 22.3 Å². The normalized spacial score (nSPS) is 15.2. The van der Waals surface area contributed by atoms with E-state index in [0.29, 0.717) is 18.8 Å². The van der Waals surface area contributed by atoms with Gasteiger partial charge >= 0.3 is 6.18 Å². The molecule has 1 saturated heterocycles. The summed E-state index contributed by atoms with van der Waals surface area (Å²) < 4.78 is 39.4. The van der Waals surface area contributed by atoms with Gasteiger partial charge in [-0.25, -0.2) is 4.98 Å². The topological polar surface area (TPSA) is 63.1 Å². The number of nitrogens with one attached hydrogen (secondary N) is 1. The van der Waals surface area contributed by atoms with Crippen molar-refractivity contribution in [2.45, 2.75) is 19.1 Å². The van der Waals surface area contributed by atoms with E-state index < -0.39 is 11.7 Å². The van der Waals surface area contributed by atoms with Gasteiger partial charge in [0, 0.05) is 26.3 Å². The minimum absolute atomic E-state index is 0.0677. The maximum atomic E-state index is 12.6. The second kappa shape index (κ2) is 6.21. The highest BCUT2D eigenvalue weighted by atomic mass is 35.5. The Bertz CT molecular complexity index is 814. The second-order valence-corrected chi connectivity index (χ2v) is 6.30. The van der Waals surface area contributed by atoms with E-state index in [1.807, 2.05) is 0 Å². The Labute approximate surface area is 146 Å². The van der Waals surface area contributed by atoms with Crippen molar-refractivity contribution in [3.63, 3.8) is 0 Å². The first-order chi connectivity index (χ1) is 11.6. The van der Waals surface area contributed by atoms with Gasteiger partial charge < -0.3 is 10.2 Å². The smallest absolute Gasteiger partial charge is 0.351 e.